The predicted molar refractivity (Wildman–Crippen MR) is 78.5 cm³/mol. The van der Waals surface area contributed by atoms with Crippen LogP contribution in [0.3, 0.4) is 0 Å². The summed E-state index contributed by atoms with van der Waals surface area (Å²) in [6.45, 7) is 1.81. The molecule has 0 atom stereocenters. The molecular weight excluding hydrogens is 273 g/mol. The van der Waals surface area contributed by atoms with Gasteiger partial charge in [0.15, 0.2) is 0 Å². The molecule has 2 aromatic carbocycles. The normalized spacial score (nSPS) is 10.2. The van der Waals surface area contributed by atoms with Crippen LogP contribution in [0.5, 0.6) is 0 Å². The Kier molecular flexibility index (Phi) is 3.89. The zero-order valence-corrected chi connectivity index (χ0v) is 11.3. The van der Waals surface area contributed by atoms with Gasteiger partial charge in [-0.3, -0.25) is 9.59 Å². The third-order valence-corrected chi connectivity index (χ3v) is 2.95. The Labute approximate surface area is 120 Å². The number of amides is 2. The number of aryl methyl sites for hydroxylation is 1. The standard InChI is InChI=1S/C15H14FN3O2/c1-8-2-5-12(17)10(6-8)15(21)19-13-7-9(14(18)20)3-4-11(13)16/h2-7H,17H2,1H3,(H2,18,20)(H,19,21). The van der Waals surface area contributed by atoms with E-state index in [-0.39, 0.29) is 22.5 Å². The van der Waals surface area contributed by atoms with Gasteiger partial charge in [-0.1, -0.05) is 11.6 Å². The minimum atomic E-state index is -0.708. The van der Waals surface area contributed by atoms with Crippen molar-refractivity contribution in [2.24, 2.45) is 5.73 Å². The van der Waals surface area contributed by atoms with Gasteiger partial charge in [-0.2, -0.15) is 0 Å². The third kappa shape index (κ3) is 3.17. The van der Waals surface area contributed by atoms with Crippen LogP contribution in [0.4, 0.5) is 15.8 Å². The zero-order chi connectivity index (χ0) is 15.6. The van der Waals surface area contributed by atoms with E-state index in [1.54, 1.807) is 18.2 Å². The molecular formula is C15H14FN3O2. The first-order chi connectivity index (χ1) is 9.88. The fourth-order valence-electron chi connectivity index (χ4n) is 1.83. The molecule has 0 heterocycles. The van der Waals surface area contributed by atoms with Gasteiger partial charge in [-0.05, 0) is 37.3 Å². The Morgan fingerprint density at radius 3 is 2.52 bits per heavy atom. The van der Waals surface area contributed by atoms with Gasteiger partial charge in [0.25, 0.3) is 5.91 Å². The maximum Gasteiger partial charge on any atom is 0.257 e. The Bertz CT molecular complexity index is 729. The number of carbonyl (C=O) groups is 2. The van der Waals surface area contributed by atoms with E-state index in [1.165, 1.54) is 12.1 Å². The summed E-state index contributed by atoms with van der Waals surface area (Å²) in [7, 11) is 0. The highest BCUT2D eigenvalue weighted by molar-refractivity contribution is 6.08. The van der Waals surface area contributed by atoms with Crippen molar-refractivity contribution >= 4 is 23.2 Å². The van der Waals surface area contributed by atoms with Crippen LogP contribution in [0.2, 0.25) is 0 Å². The minimum Gasteiger partial charge on any atom is -0.398 e. The van der Waals surface area contributed by atoms with Crippen molar-refractivity contribution in [3.8, 4) is 0 Å². The fourth-order valence-corrected chi connectivity index (χ4v) is 1.83. The highest BCUT2D eigenvalue weighted by Crippen LogP contribution is 2.19. The van der Waals surface area contributed by atoms with Crippen molar-refractivity contribution in [3.63, 3.8) is 0 Å². The van der Waals surface area contributed by atoms with E-state index in [9.17, 15) is 14.0 Å². The fraction of sp³-hybridized carbons (Fsp3) is 0.0667. The van der Waals surface area contributed by atoms with Crippen molar-refractivity contribution < 1.29 is 14.0 Å². The van der Waals surface area contributed by atoms with Crippen LogP contribution in [0.1, 0.15) is 26.3 Å². The Morgan fingerprint density at radius 2 is 1.86 bits per heavy atom. The lowest BCUT2D eigenvalue weighted by Gasteiger charge is -2.10. The molecule has 0 radical (unpaired) electrons. The number of hydrogen-bond acceptors (Lipinski definition) is 3. The second-order valence-electron chi connectivity index (χ2n) is 4.60. The molecule has 0 unspecified atom stereocenters. The number of hydrogen-bond donors (Lipinski definition) is 3. The lowest BCUT2D eigenvalue weighted by atomic mass is 10.1. The number of carbonyl (C=O) groups excluding carboxylic acids is 2. The Balaban J connectivity index is 2.33. The summed E-state index contributed by atoms with van der Waals surface area (Å²) in [5, 5.41) is 2.39. The number of benzene rings is 2. The van der Waals surface area contributed by atoms with Crippen LogP contribution in [0.15, 0.2) is 36.4 Å². The number of primary amides is 1. The average Bonchev–Trinajstić information content (AvgIpc) is 2.43. The predicted octanol–water partition coefficient (Wildman–Crippen LogP) is 2.07. The number of halogens is 1. The van der Waals surface area contributed by atoms with Crippen molar-refractivity contribution in [2.45, 2.75) is 6.92 Å². The summed E-state index contributed by atoms with van der Waals surface area (Å²) in [4.78, 5) is 23.2. The van der Waals surface area contributed by atoms with Crippen LogP contribution in [0.25, 0.3) is 0 Å². The maximum absolute atomic E-state index is 13.7. The van der Waals surface area contributed by atoms with E-state index < -0.39 is 17.6 Å². The monoisotopic (exact) mass is 287 g/mol. The molecule has 0 spiro atoms. The molecule has 2 amide bonds. The van der Waals surface area contributed by atoms with Crippen molar-refractivity contribution in [2.75, 3.05) is 11.1 Å². The molecule has 0 aliphatic carbocycles. The molecule has 108 valence electrons. The number of nitrogens with two attached hydrogens (primary N) is 2. The number of anilines is 2. The zero-order valence-electron chi connectivity index (χ0n) is 11.3. The molecule has 5 N–H and O–H groups in total. The van der Waals surface area contributed by atoms with Crippen LogP contribution in [-0.4, -0.2) is 11.8 Å². The van der Waals surface area contributed by atoms with E-state index in [0.717, 1.165) is 11.6 Å². The highest BCUT2D eigenvalue weighted by Gasteiger charge is 2.14. The number of nitrogens with one attached hydrogen (secondary N) is 1. The Hall–Kier alpha value is -2.89. The molecule has 2 aromatic rings. The van der Waals surface area contributed by atoms with Crippen LogP contribution in [0, 0.1) is 12.7 Å². The quantitative estimate of drug-likeness (QED) is 0.753. The van der Waals surface area contributed by atoms with E-state index >= 15 is 0 Å². The van der Waals surface area contributed by atoms with Gasteiger partial charge >= 0.3 is 0 Å². The summed E-state index contributed by atoms with van der Waals surface area (Å²) in [5.41, 5.74) is 12.2. The molecule has 0 aliphatic rings. The van der Waals surface area contributed by atoms with Crippen LogP contribution < -0.4 is 16.8 Å². The summed E-state index contributed by atoms with van der Waals surface area (Å²) in [6.07, 6.45) is 0. The second kappa shape index (κ2) is 5.62. The van der Waals surface area contributed by atoms with Gasteiger partial charge < -0.3 is 16.8 Å². The SMILES string of the molecule is Cc1ccc(N)c(C(=O)Nc2cc(C(N)=O)ccc2F)c1. The largest absolute Gasteiger partial charge is 0.398 e. The van der Waals surface area contributed by atoms with E-state index in [4.69, 9.17) is 11.5 Å². The van der Waals surface area contributed by atoms with Gasteiger partial charge in [0.2, 0.25) is 5.91 Å². The van der Waals surface area contributed by atoms with E-state index in [0.29, 0.717) is 0 Å². The number of rotatable bonds is 3. The summed E-state index contributed by atoms with van der Waals surface area (Å²) in [5.74, 6) is -1.93. The van der Waals surface area contributed by atoms with E-state index in [1.807, 2.05) is 6.92 Å². The molecule has 0 saturated heterocycles. The van der Waals surface area contributed by atoms with Crippen LogP contribution >= 0.6 is 0 Å². The lowest BCUT2D eigenvalue weighted by Crippen LogP contribution is -2.17. The van der Waals surface area contributed by atoms with Gasteiger partial charge in [0.1, 0.15) is 5.82 Å². The van der Waals surface area contributed by atoms with Gasteiger partial charge in [-0.15, -0.1) is 0 Å². The minimum absolute atomic E-state index is 0.101. The highest BCUT2D eigenvalue weighted by atomic mass is 19.1. The first-order valence-electron chi connectivity index (χ1n) is 6.15. The molecule has 0 saturated carbocycles. The van der Waals surface area contributed by atoms with Gasteiger partial charge in [0.05, 0.1) is 11.3 Å². The van der Waals surface area contributed by atoms with Gasteiger partial charge in [0, 0.05) is 11.3 Å². The van der Waals surface area contributed by atoms with Crippen molar-refractivity contribution in [1.29, 1.82) is 0 Å². The summed E-state index contributed by atoms with van der Waals surface area (Å²) in [6, 6.07) is 8.45. The molecule has 0 bridgehead atoms. The van der Waals surface area contributed by atoms with Crippen molar-refractivity contribution in [3.05, 3.63) is 58.9 Å². The molecule has 0 fully saturated rings. The van der Waals surface area contributed by atoms with E-state index in [2.05, 4.69) is 5.32 Å². The van der Waals surface area contributed by atoms with Crippen molar-refractivity contribution in [1.82, 2.24) is 0 Å². The molecule has 21 heavy (non-hydrogen) atoms. The lowest BCUT2D eigenvalue weighted by molar-refractivity contribution is 0.0996. The first kappa shape index (κ1) is 14.5. The second-order valence-corrected chi connectivity index (χ2v) is 4.60. The topological polar surface area (TPSA) is 98.2 Å². The van der Waals surface area contributed by atoms with Crippen LogP contribution in [-0.2, 0) is 0 Å². The summed E-state index contributed by atoms with van der Waals surface area (Å²) >= 11 is 0. The summed E-state index contributed by atoms with van der Waals surface area (Å²) < 4.78 is 13.7. The average molecular weight is 287 g/mol. The smallest absolute Gasteiger partial charge is 0.257 e. The molecule has 0 aliphatic heterocycles. The molecule has 0 aromatic heterocycles. The molecule has 6 heteroatoms. The first-order valence-corrected chi connectivity index (χ1v) is 6.15. The van der Waals surface area contributed by atoms with Gasteiger partial charge in [-0.25, -0.2) is 4.39 Å². The molecule has 5 nitrogen and oxygen atoms in total. The molecule has 2 rings (SSSR count). The third-order valence-electron chi connectivity index (χ3n) is 2.95. The maximum atomic E-state index is 13.7. The number of nitrogen functional groups attached to an aromatic ring is 1. The Morgan fingerprint density at radius 1 is 1.14 bits per heavy atom.